The molecule has 0 spiro atoms. The number of hydrogen-bond donors (Lipinski definition) is 2. The van der Waals surface area contributed by atoms with Crippen LogP contribution in [0.3, 0.4) is 0 Å². The topological polar surface area (TPSA) is 123 Å². The Hall–Kier alpha value is -4.14. The van der Waals surface area contributed by atoms with Crippen LogP contribution in [-0.2, 0) is 0 Å². The second kappa shape index (κ2) is 4.33. The summed E-state index contributed by atoms with van der Waals surface area (Å²) in [7, 11) is 0. The lowest BCUT2D eigenvalue weighted by atomic mass is 9.93. The molecule has 0 bridgehead atoms. The minimum atomic E-state index is 0.769. The zero-order valence-corrected chi connectivity index (χ0v) is 13.6. The summed E-state index contributed by atoms with van der Waals surface area (Å²) in [5.41, 5.74) is 4.81. The van der Waals surface area contributed by atoms with Crippen molar-refractivity contribution in [3.63, 3.8) is 0 Å². The normalized spacial score (nSPS) is 12.4. The second-order valence-electron chi connectivity index (χ2n) is 6.60. The molecule has 0 radical (unpaired) electrons. The van der Waals surface area contributed by atoms with Crippen LogP contribution in [0.25, 0.3) is 65.4 Å². The molecule has 27 heavy (non-hydrogen) atoms. The fourth-order valence-electron chi connectivity index (χ4n) is 3.97. The summed E-state index contributed by atoms with van der Waals surface area (Å²) in [6.07, 6.45) is 0. The molecule has 0 fully saturated rings. The maximum atomic E-state index is 4.25. The molecule has 0 amide bonds. The van der Waals surface area contributed by atoms with Crippen molar-refractivity contribution in [3.05, 3.63) is 36.4 Å². The highest BCUT2D eigenvalue weighted by molar-refractivity contribution is 6.29. The Bertz CT molecular complexity index is 1340. The van der Waals surface area contributed by atoms with E-state index in [1.807, 2.05) is 12.1 Å². The van der Waals surface area contributed by atoms with Crippen LogP contribution in [0.15, 0.2) is 36.4 Å². The molecule has 0 aliphatic rings. The van der Waals surface area contributed by atoms with Gasteiger partial charge in [0, 0.05) is 0 Å². The monoisotopic (exact) mass is 350 g/mol. The summed E-state index contributed by atoms with van der Waals surface area (Å²) < 4.78 is 0. The summed E-state index contributed by atoms with van der Waals surface area (Å²) >= 11 is 0. The van der Waals surface area contributed by atoms with E-state index in [4.69, 9.17) is 0 Å². The summed E-state index contributed by atoms with van der Waals surface area (Å²) in [6, 6.07) is 12.3. The van der Waals surface area contributed by atoms with E-state index < -0.39 is 0 Å². The Kier molecular flexibility index (Phi) is 2.10. The predicted octanol–water partition coefficient (Wildman–Crippen LogP) is 2.59. The van der Waals surface area contributed by atoms with Crippen LogP contribution < -0.4 is 5.21 Å². The van der Waals surface area contributed by atoms with E-state index in [0.29, 0.717) is 0 Å². The standard InChI is InChI=1S/C18H8N9/c1-7-8(2-14-13(1)19-25-20-14)10-4-17-18(24-27-23-17)6-12(10)11-5-16-15(3-9(7)11)21-26-22-16/h1-6H,(H2-,19,20,21,22,23,24,25,26,27)/q-1. The van der Waals surface area contributed by atoms with E-state index in [9.17, 15) is 0 Å². The average Bonchev–Trinajstić information content (AvgIpc) is 3.43. The minimum absolute atomic E-state index is 0.769. The Balaban J connectivity index is 1.87. The maximum absolute atomic E-state index is 4.25. The fourth-order valence-corrected chi connectivity index (χ4v) is 3.97. The van der Waals surface area contributed by atoms with Crippen LogP contribution in [0.4, 0.5) is 0 Å². The van der Waals surface area contributed by atoms with Gasteiger partial charge in [0.25, 0.3) is 0 Å². The van der Waals surface area contributed by atoms with Crippen LogP contribution in [-0.4, -0.2) is 41.0 Å². The zero-order chi connectivity index (χ0) is 17.5. The van der Waals surface area contributed by atoms with Crippen molar-refractivity contribution < 1.29 is 0 Å². The molecular weight excluding hydrogens is 342 g/mol. The van der Waals surface area contributed by atoms with Crippen LogP contribution in [0.2, 0.25) is 0 Å². The molecule has 7 aromatic rings. The average molecular weight is 350 g/mol. The van der Waals surface area contributed by atoms with E-state index in [-0.39, 0.29) is 0 Å². The first-order chi connectivity index (χ1) is 13.3. The van der Waals surface area contributed by atoms with E-state index in [1.165, 1.54) is 0 Å². The lowest BCUT2D eigenvalue weighted by Gasteiger charge is -2.10. The number of nitrogens with one attached hydrogen (secondary N) is 2. The van der Waals surface area contributed by atoms with Gasteiger partial charge in [0.15, 0.2) is 0 Å². The Morgan fingerprint density at radius 3 is 1.07 bits per heavy atom. The van der Waals surface area contributed by atoms with E-state index in [2.05, 4.69) is 70.5 Å². The second-order valence-corrected chi connectivity index (χ2v) is 6.60. The molecule has 0 atom stereocenters. The number of benzene rings is 4. The lowest BCUT2D eigenvalue weighted by Crippen LogP contribution is -1.86. The highest BCUT2D eigenvalue weighted by atomic mass is 15.3. The summed E-state index contributed by atoms with van der Waals surface area (Å²) in [5.74, 6) is 0. The van der Waals surface area contributed by atoms with Crippen molar-refractivity contribution in [1.29, 1.82) is 0 Å². The third kappa shape index (κ3) is 1.58. The molecule has 0 aliphatic heterocycles. The van der Waals surface area contributed by atoms with Gasteiger partial charge in [-0.25, -0.2) is 0 Å². The molecule has 0 saturated heterocycles. The van der Waals surface area contributed by atoms with Gasteiger partial charge in [-0.2, -0.15) is 30.8 Å². The molecule has 0 aliphatic carbocycles. The number of rotatable bonds is 0. The molecule has 4 aromatic carbocycles. The van der Waals surface area contributed by atoms with Crippen molar-refractivity contribution in [1.82, 2.24) is 46.2 Å². The fraction of sp³-hybridized carbons (Fsp3) is 0. The molecule has 2 N–H and O–H groups in total. The summed E-state index contributed by atoms with van der Waals surface area (Å²) in [6.45, 7) is 0. The molecule has 7 rings (SSSR count). The molecule has 0 unspecified atom stereocenters. The number of H-pyrrole nitrogens is 2. The SMILES string of the molecule is c1c2n[n-]nc2cc2c1c1cc3n[nH]nc3cc1c1cc3n[nH]nc3cc21. The molecule has 9 nitrogen and oxygen atoms in total. The van der Waals surface area contributed by atoms with Gasteiger partial charge in [-0.3, -0.25) is 0 Å². The van der Waals surface area contributed by atoms with Gasteiger partial charge in [0.05, 0.1) is 11.0 Å². The quantitative estimate of drug-likeness (QED) is 0.403. The molecule has 126 valence electrons. The Morgan fingerprint density at radius 2 is 0.741 bits per heavy atom. The smallest absolute Gasteiger partial charge is 0.113 e. The van der Waals surface area contributed by atoms with Crippen LogP contribution in [0.1, 0.15) is 0 Å². The van der Waals surface area contributed by atoms with Gasteiger partial charge in [-0.15, -0.1) is 0 Å². The summed E-state index contributed by atoms with van der Waals surface area (Å²) in [4.78, 5) is 0. The molecule has 9 heteroatoms. The zero-order valence-electron chi connectivity index (χ0n) is 13.6. The van der Waals surface area contributed by atoms with Crippen molar-refractivity contribution in [2.75, 3.05) is 0 Å². The first-order valence-electron chi connectivity index (χ1n) is 8.35. The van der Waals surface area contributed by atoms with Gasteiger partial charge < -0.3 is 15.4 Å². The van der Waals surface area contributed by atoms with Gasteiger partial charge in [0.2, 0.25) is 0 Å². The number of nitrogens with zero attached hydrogens (tertiary/aromatic N) is 7. The summed E-state index contributed by atoms with van der Waals surface area (Å²) in [5, 5.41) is 40.9. The van der Waals surface area contributed by atoms with Gasteiger partial charge in [0.1, 0.15) is 22.1 Å². The Labute approximate surface area is 148 Å². The number of aromatic nitrogens is 9. The van der Waals surface area contributed by atoms with E-state index in [1.54, 1.807) is 0 Å². The molecule has 0 saturated carbocycles. The first-order valence-corrected chi connectivity index (χ1v) is 8.35. The van der Waals surface area contributed by atoms with Gasteiger partial charge in [-0.1, -0.05) is 0 Å². The number of fused-ring (bicyclic) bond motifs is 9. The van der Waals surface area contributed by atoms with Gasteiger partial charge in [-0.05, 0) is 68.7 Å². The third-order valence-corrected chi connectivity index (χ3v) is 5.20. The third-order valence-electron chi connectivity index (χ3n) is 5.20. The maximum Gasteiger partial charge on any atom is 0.113 e. The minimum Gasteiger partial charge on any atom is -0.492 e. The van der Waals surface area contributed by atoms with Crippen molar-refractivity contribution in [2.24, 2.45) is 0 Å². The van der Waals surface area contributed by atoms with Crippen molar-refractivity contribution in [3.8, 4) is 0 Å². The van der Waals surface area contributed by atoms with Gasteiger partial charge >= 0.3 is 0 Å². The predicted molar refractivity (Wildman–Crippen MR) is 100 cm³/mol. The molecule has 3 heterocycles. The van der Waals surface area contributed by atoms with Crippen LogP contribution in [0, 0.1) is 0 Å². The van der Waals surface area contributed by atoms with Crippen molar-refractivity contribution in [2.45, 2.75) is 0 Å². The molecular formula is C18H8N9-. The number of aromatic amines is 2. The first kappa shape index (κ1) is 13.1. The van der Waals surface area contributed by atoms with Crippen LogP contribution in [0.5, 0.6) is 0 Å². The number of hydrogen-bond acceptors (Lipinski definition) is 6. The van der Waals surface area contributed by atoms with Crippen LogP contribution >= 0.6 is 0 Å². The largest absolute Gasteiger partial charge is 0.492 e. The highest BCUT2D eigenvalue weighted by Crippen LogP contribution is 2.38. The Morgan fingerprint density at radius 1 is 0.444 bits per heavy atom. The van der Waals surface area contributed by atoms with E-state index in [0.717, 1.165) is 65.4 Å². The highest BCUT2D eigenvalue weighted by Gasteiger charge is 2.14. The molecule has 3 aromatic heterocycles. The lowest BCUT2D eigenvalue weighted by molar-refractivity contribution is 0.928. The van der Waals surface area contributed by atoms with E-state index >= 15 is 0 Å². The van der Waals surface area contributed by atoms with Crippen molar-refractivity contribution >= 4 is 65.4 Å².